The number of hydrogen-bond donors (Lipinski definition) is 6. The van der Waals surface area contributed by atoms with Gasteiger partial charge in [-0.05, 0) is 48.2 Å². The van der Waals surface area contributed by atoms with Crippen molar-refractivity contribution >= 4 is 99.7 Å². The molecular weight excluding hydrogens is 1020 g/mol. The van der Waals surface area contributed by atoms with Crippen molar-refractivity contribution in [2.45, 2.75) is 22.6 Å². The van der Waals surface area contributed by atoms with Crippen molar-refractivity contribution in [2.24, 2.45) is 11.8 Å². The molecule has 6 rings (SSSR count). The summed E-state index contributed by atoms with van der Waals surface area (Å²) in [6.45, 7) is 0.746. The van der Waals surface area contributed by atoms with Gasteiger partial charge in [-0.1, -0.05) is 24.3 Å². The first-order chi connectivity index (χ1) is 30.0. The van der Waals surface area contributed by atoms with Gasteiger partial charge >= 0.3 is 118 Å². The van der Waals surface area contributed by atoms with Crippen LogP contribution < -0.4 is 149 Å². The van der Waals surface area contributed by atoms with Crippen LogP contribution in [0.25, 0.3) is 12.2 Å². The summed E-state index contributed by atoms with van der Waals surface area (Å²) in [6.07, 6.45) is 3.42. The Balaban J connectivity index is 0.00000397. The van der Waals surface area contributed by atoms with Crippen molar-refractivity contribution < 1.29 is 180 Å². The number of rotatable bonds is 20. The summed E-state index contributed by atoms with van der Waals surface area (Å²) >= 11 is 0. The molecule has 0 amide bonds. The Kier molecular flexibility index (Phi) is 24.9. The van der Waals surface area contributed by atoms with Crippen molar-refractivity contribution in [3.8, 4) is 0 Å². The largest absolute Gasteiger partial charge is 1.00 e. The van der Waals surface area contributed by atoms with Crippen LogP contribution in [0.5, 0.6) is 0 Å². The number of nitrogens with one attached hydrogen (secondary N) is 4. The number of aliphatic hydroxyl groups excluding tert-OH is 2. The maximum Gasteiger partial charge on any atom is 1.00 e. The van der Waals surface area contributed by atoms with Crippen LogP contribution in [0, 0.1) is 11.8 Å². The van der Waals surface area contributed by atoms with Crippen LogP contribution in [0.1, 0.15) is 24.0 Å². The fraction of sp³-hybridized carbons (Fsp3) is 0.412. The molecule has 2 saturated heterocycles. The molecule has 2 fully saturated rings. The van der Waals surface area contributed by atoms with Gasteiger partial charge in [-0.25, -0.2) is 33.7 Å². The van der Waals surface area contributed by atoms with E-state index in [4.69, 9.17) is 0 Å². The standard InChI is InChI=1S/C34H44N12O14S4.4Na/c47-19-21-7-11-45(17-21)33-41-29(35-9-13-61(49,50)51)39-31(43-33)37-25-5-3-23(27(15-25)63(55,56)57)1-2-24-4-6-26(16-28(24)64(58,59)60)38-32-40-30(36-10-14-62(52,53)54)42-34(44-32)46-12-8-22(18-46)20-48;;;;/h1-6,15-16,21-22,47-48H,7-14,17-20H2,(H,49,50,51)(H,52,53,54)(H,55,56,57)(H,58,59,60)(H2,35,37,39,41,43)(H2,36,38,40,42,44);;;;/q;4*+1/p-4. The van der Waals surface area contributed by atoms with Crippen LogP contribution in [0.2, 0.25) is 0 Å². The molecule has 6 N–H and O–H groups in total. The molecule has 0 spiro atoms. The van der Waals surface area contributed by atoms with E-state index in [1.807, 2.05) is 0 Å². The van der Waals surface area contributed by atoms with Gasteiger partial charge in [-0.2, -0.15) is 29.9 Å². The third-order valence-corrected chi connectivity index (χ3v) is 12.9. The second-order valence-electron chi connectivity index (χ2n) is 14.5. The molecule has 0 radical (unpaired) electrons. The van der Waals surface area contributed by atoms with Crippen LogP contribution >= 0.6 is 0 Å². The molecule has 348 valence electrons. The van der Waals surface area contributed by atoms with Crippen molar-refractivity contribution in [2.75, 3.05) is 95.1 Å². The molecule has 26 nitrogen and oxygen atoms in total. The molecule has 4 aromatic rings. The minimum Gasteiger partial charge on any atom is -0.748 e. The van der Waals surface area contributed by atoms with E-state index >= 15 is 0 Å². The Bertz CT molecular complexity index is 2670. The van der Waals surface area contributed by atoms with Gasteiger partial charge in [0.1, 0.15) is 20.2 Å². The van der Waals surface area contributed by atoms with E-state index in [1.54, 1.807) is 9.80 Å². The van der Waals surface area contributed by atoms with E-state index in [-0.39, 0.29) is 215 Å². The van der Waals surface area contributed by atoms with Gasteiger partial charge in [0, 0.05) is 75.7 Å². The third kappa shape index (κ3) is 18.9. The summed E-state index contributed by atoms with van der Waals surface area (Å²) in [4.78, 5) is 27.5. The van der Waals surface area contributed by atoms with Gasteiger partial charge in [-0.3, -0.25) is 0 Å². The average Bonchev–Trinajstić information content (AvgIpc) is 3.90. The molecule has 2 aromatic heterocycles. The molecule has 0 aliphatic carbocycles. The number of benzene rings is 2. The fourth-order valence-electron chi connectivity index (χ4n) is 6.55. The van der Waals surface area contributed by atoms with Crippen molar-refractivity contribution in [1.82, 2.24) is 29.9 Å². The number of anilines is 8. The summed E-state index contributed by atoms with van der Waals surface area (Å²) in [5.41, 5.74) is -0.458. The second-order valence-corrected chi connectivity index (χ2v) is 20.2. The first kappa shape index (κ1) is 62.7. The van der Waals surface area contributed by atoms with E-state index < -0.39 is 61.8 Å². The summed E-state index contributed by atoms with van der Waals surface area (Å²) < 4.78 is 142. The normalized spacial score (nSPS) is 16.3. The summed E-state index contributed by atoms with van der Waals surface area (Å²) in [6, 6.07) is 6.99. The molecule has 4 heterocycles. The topological polar surface area (TPSA) is 401 Å². The van der Waals surface area contributed by atoms with E-state index in [2.05, 4.69) is 51.2 Å². The fourth-order valence-corrected chi connectivity index (χ4v) is 8.65. The Morgan fingerprint density at radius 1 is 0.559 bits per heavy atom. The van der Waals surface area contributed by atoms with Gasteiger partial charge in [0.25, 0.3) is 0 Å². The van der Waals surface area contributed by atoms with Crippen LogP contribution in [-0.2, 0) is 40.5 Å². The molecular formula is C34H40N12Na4O14S4. The molecule has 2 atom stereocenters. The van der Waals surface area contributed by atoms with Gasteiger partial charge < -0.3 is 59.5 Å². The molecule has 68 heavy (non-hydrogen) atoms. The average molecular weight is 1060 g/mol. The van der Waals surface area contributed by atoms with E-state index in [1.165, 1.54) is 24.3 Å². The SMILES string of the molecule is O=S(=O)([O-])CCNc1nc(Nc2ccc(C=Cc3ccc(Nc4nc(NCCS(=O)(=O)[O-])nc(N5CCC(CO)C5)n4)cc3S(=O)(=O)[O-])c(S(=O)(=O)[O-])c2)nc(N2CCC(CO)C2)n1.[Na+].[Na+].[Na+].[Na+]. The van der Waals surface area contributed by atoms with Crippen LogP contribution in [0.4, 0.5) is 47.1 Å². The van der Waals surface area contributed by atoms with Crippen molar-refractivity contribution in [1.29, 1.82) is 0 Å². The van der Waals surface area contributed by atoms with Crippen molar-refractivity contribution in [3.05, 3.63) is 47.5 Å². The number of hydrogen-bond acceptors (Lipinski definition) is 26. The Morgan fingerprint density at radius 2 is 0.912 bits per heavy atom. The maximum absolute atomic E-state index is 12.5. The maximum atomic E-state index is 12.5. The van der Waals surface area contributed by atoms with Gasteiger partial charge in [0.15, 0.2) is 0 Å². The molecule has 2 aromatic carbocycles. The van der Waals surface area contributed by atoms with E-state index in [9.17, 15) is 62.1 Å². The van der Waals surface area contributed by atoms with Crippen LogP contribution in [0.15, 0.2) is 46.2 Å². The minimum atomic E-state index is -5.23. The molecule has 2 unspecified atom stereocenters. The molecule has 34 heteroatoms. The zero-order chi connectivity index (χ0) is 46.5. The Labute approximate surface area is 481 Å². The van der Waals surface area contributed by atoms with Gasteiger partial charge in [-0.15, -0.1) is 0 Å². The smallest absolute Gasteiger partial charge is 0.748 e. The first-order valence-corrected chi connectivity index (χ1v) is 25.0. The van der Waals surface area contributed by atoms with Crippen molar-refractivity contribution in [3.63, 3.8) is 0 Å². The second kappa shape index (κ2) is 27.0. The predicted molar refractivity (Wildman–Crippen MR) is 225 cm³/mol. The third-order valence-electron chi connectivity index (χ3n) is 9.69. The number of aliphatic hydroxyl groups is 2. The number of nitrogens with zero attached hydrogens (tertiary/aromatic N) is 8. The predicted octanol–water partition coefficient (Wildman–Crippen LogP) is -12.9. The molecule has 0 saturated carbocycles. The monoisotopic (exact) mass is 1060 g/mol. The van der Waals surface area contributed by atoms with Gasteiger partial charge in [0.2, 0.25) is 35.7 Å². The quantitative estimate of drug-likeness (QED) is 0.0272. The summed E-state index contributed by atoms with van der Waals surface area (Å²) in [5.74, 6) is -2.16. The zero-order valence-corrected chi connectivity index (χ0v) is 48.5. The van der Waals surface area contributed by atoms with E-state index in [0.29, 0.717) is 39.0 Å². The summed E-state index contributed by atoms with van der Waals surface area (Å²) in [5, 5.41) is 30.0. The molecule has 2 aliphatic heterocycles. The summed E-state index contributed by atoms with van der Waals surface area (Å²) in [7, 11) is -19.6. The first-order valence-electron chi connectivity index (χ1n) is 19.1. The van der Waals surface area contributed by atoms with E-state index in [0.717, 1.165) is 24.3 Å². The zero-order valence-electron chi connectivity index (χ0n) is 37.3. The van der Waals surface area contributed by atoms with Crippen LogP contribution in [0.3, 0.4) is 0 Å². The van der Waals surface area contributed by atoms with Crippen LogP contribution in [-0.4, -0.2) is 156 Å². The van der Waals surface area contributed by atoms with Gasteiger partial charge in [0.05, 0.1) is 41.5 Å². The minimum absolute atomic E-state index is 0. The molecule has 0 bridgehead atoms. The molecule has 2 aliphatic rings. The Hall–Kier alpha value is -1.44. The Morgan fingerprint density at radius 3 is 1.22 bits per heavy atom. The number of aromatic nitrogens is 6.